The second kappa shape index (κ2) is 12.5. The van der Waals surface area contributed by atoms with Crippen LogP contribution in [0.1, 0.15) is 42.1 Å². The van der Waals surface area contributed by atoms with Crippen LogP contribution in [0.3, 0.4) is 0 Å². The number of methoxy groups -OCH3 is 1. The van der Waals surface area contributed by atoms with Gasteiger partial charge in [-0.2, -0.15) is 12.7 Å². The van der Waals surface area contributed by atoms with E-state index in [1.54, 1.807) is 25.4 Å². The van der Waals surface area contributed by atoms with Crippen molar-refractivity contribution in [1.29, 1.82) is 0 Å². The first kappa shape index (κ1) is 31.9. The van der Waals surface area contributed by atoms with E-state index in [4.69, 9.17) is 0 Å². The van der Waals surface area contributed by atoms with Crippen LogP contribution in [-0.4, -0.2) is 88.9 Å². The van der Waals surface area contributed by atoms with Crippen LogP contribution in [0.15, 0.2) is 43.0 Å². The number of H-pyrrole nitrogens is 1. The molecule has 1 aromatic carbocycles. The second-order valence-corrected chi connectivity index (χ2v) is 12.5. The molecule has 16 heteroatoms. The summed E-state index contributed by atoms with van der Waals surface area (Å²) in [5, 5.41) is 11.0. The Labute approximate surface area is 257 Å². The predicted molar refractivity (Wildman–Crippen MR) is 161 cm³/mol. The highest BCUT2D eigenvalue weighted by Crippen LogP contribution is 2.31. The van der Waals surface area contributed by atoms with Gasteiger partial charge in [-0.25, -0.2) is 23.7 Å². The SMILES string of the molecule is CCN(C)S(=O)(=O)Nc1ccc(F)c(C(=O)c2c[nH]c3ncc(-c4cnc(N5CCC(O)(CC(=O)OC)CC5)nc4)cc23)c1F. The van der Waals surface area contributed by atoms with Gasteiger partial charge < -0.3 is 19.7 Å². The highest BCUT2D eigenvalue weighted by molar-refractivity contribution is 7.90. The fourth-order valence-corrected chi connectivity index (χ4v) is 5.92. The third kappa shape index (κ3) is 6.48. The number of pyridine rings is 1. The number of nitrogens with zero attached hydrogens (tertiary/aromatic N) is 5. The number of rotatable bonds is 10. The van der Waals surface area contributed by atoms with Crippen LogP contribution in [-0.2, 0) is 19.7 Å². The molecule has 0 unspecified atom stereocenters. The van der Waals surface area contributed by atoms with E-state index in [0.717, 1.165) is 16.4 Å². The Morgan fingerprint density at radius 1 is 1.13 bits per heavy atom. The van der Waals surface area contributed by atoms with E-state index in [-0.39, 0.29) is 29.6 Å². The first-order chi connectivity index (χ1) is 21.4. The summed E-state index contributed by atoms with van der Waals surface area (Å²) in [6.45, 7) is 2.55. The molecule has 238 valence electrons. The molecule has 0 amide bonds. The molecular formula is C29H31F2N7O6S. The number of benzene rings is 1. The number of halogens is 2. The highest BCUT2D eigenvalue weighted by Gasteiger charge is 2.35. The number of piperidine rings is 1. The molecule has 1 fully saturated rings. The van der Waals surface area contributed by atoms with E-state index in [2.05, 4.69) is 29.4 Å². The molecule has 0 saturated carbocycles. The van der Waals surface area contributed by atoms with Crippen molar-refractivity contribution >= 4 is 44.6 Å². The van der Waals surface area contributed by atoms with Gasteiger partial charge in [0, 0.05) is 73.5 Å². The third-order valence-corrected chi connectivity index (χ3v) is 9.39. The van der Waals surface area contributed by atoms with Crippen molar-refractivity contribution in [1.82, 2.24) is 24.2 Å². The number of nitrogens with one attached hydrogen (secondary N) is 2. The molecule has 13 nitrogen and oxygen atoms in total. The third-order valence-electron chi connectivity index (χ3n) is 7.84. The van der Waals surface area contributed by atoms with Crippen molar-refractivity contribution in [3.05, 3.63) is 65.7 Å². The number of carbonyl (C=O) groups is 2. The predicted octanol–water partition coefficient (Wildman–Crippen LogP) is 3.03. The van der Waals surface area contributed by atoms with Gasteiger partial charge in [-0.1, -0.05) is 6.92 Å². The number of anilines is 2. The lowest BCUT2D eigenvalue weighted by atomic mass is 9.88. The number of fused-ring (bicyclic) bond motifs is 1. The first-order valence-corrected chi connectivity index (χ1v) is 15.4. The van der Waals surface area contributed by atoms with Gasteiger partial charge in [0.1, 0.15) is 11.5 Å². The summed E-state index contributed by atoms with van der Waals surface area (Å²) < 4.78 is 62.8. The molecule has 4 aromatic rings. The summed E-state index contributed by atoms with van der Waals surface area (Å²) in [5.74, 6) is -3.57. The van der Waals surface area contributed by atoms with Crippen LogP contribution >= 0.6 is 0 Å². The molecule has 4 heterocycles. The Morgan fingerprint density at radius 2 is 1.80 bits per heavy atom. The van der Waals surface area contributed by atoms with E-state index in [9.17, 15) is 27.5 Å². The molecule has 1 saturated heterocycles. The largest absolute Gasteiger partial charge is 0.469 e. The number of hydrogen-bond donors (Lipinski definition) is 3. The highest BCUT2D eigenvalue weighted by atomic mass is 32.2. The summed E-state index contributed by atoms with van der Waals surface area (Å²) in [6.07, 6.45) is 6.53. The minimum Gasteiger partial charge on any atom is -0.469 e. The molecule has 0 atom stereocenters. The number of ketones is 1. The summed E-state index contributed by atoms with van der Waals surface area (Å²) in [4.78, 5) is 43.0. The van der Waals surface area contributed by atoms with Crippen molar-refractivity contribution in [2.24, 2.45) is 0 Å². The molecule has 0 spiro atoms. The Balaban J connectivity index is 1.38. The van der Waals surface area contributed by atoms with E-state index in [1.165, 1.54) is 26.6 Å². The zero-order valence-electron chi connectivity index (χ0n) is 24.7. The lowest BCUT2D eigenvalue weighted by Crippen LogP contribution is -2.46. The van der Waals surface area contributed by atoms with Gasteiger partial charge in [-0.15, -0.1) is 0 Å². The van der Waals surface area contributed by atoms with Crippen LogP contribution in [0.25, 0.3) is 22.2 Å². The Hall–Kier alpha value is -4.54. The summed E-state index contributed by atoms with van der Waals surface area (Å²) >= 11 is 0. The summed E-state index contributed by atoms with van der Waals surface area (Å²) in [7, 11) is -1.57. The zero-order valence-corrected chi connectivity index (χ0v) is 25.5. The maximum absolute atomic E-state index is 15.4. The molecular weight excluding hydrogens is 612 g/mol. The average Bonchev–Trinajstić information content (AvgIpc) is 3.45. The van der Waals surface area contributed by atoms with Gasteiger partial charge in [-0.3, -0.25) is 14.3 Å². The number of aliphatic hydroxyl groups is 1. The topological polar surface area (TPSA) is 171 Å². The smallest absolute Gasteiger partial charge is 0.308 e. The standard InChI is InChI=1S/C29H31F2N7O6S/c1-4-37(2)45(42,43)36-22-6-5-21(30)24(25(22)31)26(40)20-16-33-27-19(20)11-17(13-32-27)18-14-34-28(35-15-18)38-9-7-29(41,8-10-38)12-23(39)44-3/h5-6,11,13-16,36,41H,4,7-10,12H2,1-3H3,(H,32,33). The lowest BCUT2D eigenvalue weighted by molar-refractivity contribution is -0.147. The normalized spacial score (nSPS) is 15.0. The van der Waals surface area contributed by atoms with E-state index in [1.807, 2.05) is 4.90 Å². The van der Waals surface area contributed by atoms with E-state index < -0.39 is 50.4 Å². The van der Waals surface area contributed by atoms with Crippen LogP contribution in [0.2, 0.25) is 0 Å². The van der Waals surface area contributed by atoms with E-state index in [0.29, 0.717) is 43.0 Å². The second-order valence-electron chi connectivity index (χ2n) is 10.7. The quantitative estimate of drug-likeness (QED) is 0.172. The van der Waals surface area contributed by atoms with Crippen molar-refractivity contribution < 1.29 is 36.6 Å². The Kier molecular flexibility index (Phi) is 8.82. The maximum atomic E-state index is 15.4. The molecule has 0 aliphatic carbocycles. The summed E-state index contributed by atoms with van der Waals surface area (Å²) in [5.41, 5.74) is -1.35. The van der Waals surface area contributed by atoms with Crippen molar-refractivity contribution in [2.45, 2.75) is 31.8 Å². The minimum absolute atomic E-state index is 0.0758. The molecule has 5 rings (SSSR count). The van der Waals surface area contributed by atoms with E-state index >= 15 is 4.39 Å². The fourth-order valence-electron chi connectivity index (χ4n) is 4.98. The molecule has 3 N–H and O–H groups in total. The number of aromatic nitrogens is 4. The molecule has 0 bridgehead atoms. The van der Waals surface area contributed by atoms with Crippen molar-refractivity contribution in [3.63, 3.8) is 0 Å². The Bertz CT molecular complexity index is 1860. The zero-order chi connectivity index (χ0) is 32.5. The number of hydrogen-bond acceptors (Lipinski definition) is 10. The van der Waals surface area contributed by atoms with Gasteiger partial charge in [0.15, 0.2) is 5.82 Å². The van der Waals surface area contributed by atoms with Gasteiger partial charge in [-0.05, 0) is 31.0 Å². The van der Waals surface area contributed by atoms with Gasteiger partial charge in [0.25, 0.3) is 0 Å². The monoisotopic (exact) mass is 643 g/mol. The average molecular weight is 644 g/mol. The number of esters is 1. The van der Waals surface area contributed by atoms with Gasteiger partial charge in [0.2, 0.25) is 11.7 Å². The number of ether oxygens (including phenoxy) is 1. The maximum Gasteiger partial charge on any atom is 0.308 e. The molecule has 45 heavy (non-hydrogen) atoms. The van der Waals surface area contributed by atoms with Crippen LogP contribution in [0, 0.1) is 11.6 Å². The van der Waals surface area contributed by atoms with Crippen molar-refractivity contribution in [3.8, 4) is 11.1 Å². The minimum atomic E-state index is -4.14. The van der Waals surface area contributed by atoms with Crippen LogP contribution < -0.4 is 9.62 Å². The number of aromatic amines is 1. The lowest BCUT2D eigenvalue weighted by Gasteiger charge is -2.37. The summed E-state index contributed by atoms with van der Waals surface area (Å²) in [6, 6.07) is 3.34. The first-order valence-electron chi connectivity index (χ1n) is 14.0. The Morgan fingerprint density at radius 3 is 2.44 bits per heavy atom. The molecule has 3 aromatic heterocycles. The molecule has 0 radical (unpaired) electrons. The van der Waals surface area contributed by atoms with Gasteiger partial charge >= 0.3 is 16.2 Å². The molecule has 1 aliphatic heterocycles. The molecule has 1 aliphatic rings. The fraction of sp³-hybridized carbons (Fsp3) is 0.345. The van der Waals surface area contributed by atoms with Crippen molar-refractivity contribution in [2.75, 3.05) is 43.4 Å². The van der Waals surface area contributed by atoms with Crippen LogP contribution in [0.5, 0.6) is 0 Å². The van der Waals surface area contributed by atoms with Crippen LogP contribution in [0.4, 0.5) is 20.4 Å². The van der Waals surface area contributed by atoms with Gasteiger partial charge in [0.05, 0.1) is 30.4 Å². The number of carbonyl (C=O) groups excluding carboxylic acids is 2.